The molecule has 4 heteroatoms. The molecule has 0 aromatic heterocycles. The van der Waals surface area contributed by atoms with Crippen LogP contribution in [0, 0.1) is 0 Å². The first-order chi connectivity index (χ1) is 7.60. The van der Waals surface area contributed by atoms with Crippen LogP contribution >= 0.6 is 11.8 Å². The number of likely N-dealkylation sites (N-methyl/N-ethyl adjacent to an activating group) is 1. The summed E-state index contributed by atoms with van der Waals surface area (Å²) in [5.41, 5.74) is 6.38. The fourth-order valence-electron chi connectivity index (χ4n) is 3.04. The average molecular weight is 243 g/mol. The predicted molar refractivity (Wildman–Crippen MR) is 72.0 cm³/mol. The average Bonchev–Trinajstić information content (AvgIpc) is 2.65. The van der Waals surface area contributed by atoms with Gasteiger partial charge in [-0.15, -0.1) is 0 Å². The van der Waals surface area contributed by atoms with Gasteiger partial charge in [0.1, 0.15) is 0 Å². The minimum Gasteiger partial charge on any atom is -0.329 e. The summed E-state index contributed by atoms with van der Waals surface area (Å²) in [6.45, 7) is 9.04. The molecule has 3 atom stereocenters. The van der Waals surface area contributed by atoms with Gasteiger partial charge in [0, 0.05) is 43.0 Å². The topological polar surface area (TPSA) is 32.5 Å². The summed E-state index contributed by atoms with van der Waals surface area (Å²) in [5.74, 6) is 1.28. The summed E-state index contributed by atoms with van der Waals surface area (Å²) < 4.78 is 0. The molecule has 0 aliphatic carbocycles. The highest BCUT2D eigenvalue weighted by Crippen LogP contribution is 2.40. The molecule has 0 radical (unpaired) electrons. The van der Waals surface area contributed by atoms with Crippen molar-refractivity contribution in [2.45, 2.75) is 37.1 Å². The molecule has 0 aromatic rings. The SMILES string of the molecule is CC1CN(C2(CN)CCSC2C)CCN1C. The number of nitrogens with zero attached hydrogens (tertiary/aromatic N) is 2. The molecule has 2 heterocycles. The Morgan fingerprint density at radius 2 is 2.12 bits per heavy atom. The lowest BCUT2D eigenvalue weighted by Gasteiger charge is -2.49. The van der Waals surface area contributed by atoms with E-state index in [1.54, 1.807) is 0 Å². The second kappa shape index (κ2) is 4.84. The molecule has 16 heavy (non-hydrogen) atoms. The highest BCUT2D eigenvalue weighted by Gasteiger charge is 2.45. The van der Waals surface area contributed by atoms with Gasteiger partial charge in [0.25, 0.3) is 0 Å². The van der Waals surface area contributed by atoms with E-state index in [1.165, 1.54) is 31.8 Å². The van der Waals surface area contributed by atoms with Crippen molar-refractivity contribution < 1.29 is 0 Å². The molecule has 0 aromatic carbocycles. The van der Waals surface area contributed by atoms with Gasteiger partial charge in [-0.25, -0.2) is 0 Å². The maximum atomic E-state index is 6.10. The Bertz CT molecular complexity index is 248. The lowest BCUT2D eigenvalue weighted by Crippen LogP contribution is -2.64. The quantitative estimate of drug-likeness (QED) is 0.779. The molecule has 0 spiro atoms. The predicted octanol–water partition coefficient (Wildman–Crippen LogP) is 0.845. The number of rotatable bonds is 2. The summed E-state index contributed by atoms with van der Waals surface area (Å²) in [4.78, 5) is 5.12. The summed E-state index contributed by atoms with van der Waals surface area (Å²) in [6.07, 6.45) is 1.27. The van der Waals surface area contributed by atoms with Crippen molar-refractivity contribution >= 4 is 11.8 Å². The van der Waals surface area contributed by atoms with Gasteiger partial charge in [-0.05, 0) is 26.1 Å². The Morgan fingerprint density at radius 1 is 1.38 bits per heavy atom. The van der Waals surface area contributed by atoms with Gasteiger partial charge in [0.15, 0.2) is 0 Å². The molecule has 2 aliphatic rings. The maximum Gasteiger partial charge on any atom is 0.0456 e. The molecule has 0 saturated carbocycles. The first-order valence-corrected chi connectivity index (χ1v) is 7.42. The number of thioether (sulfide) groups is 1. The van der Waals surface area contributed by atoms with Crippen LogP contribution in [0.15, 0.2) is 0 Å². The molecule has 94 valence electrons. The van der Waals surface area contributed by atoms with E-state index in [9.17, 15) is 0 Å². The van der Waals surface area contributed by atoms with Crippen LogP contribution in [0.4, 0.5) is 0 Å². The van der Waals surface area contributed by atoms with Crippen molar-refractivity contribution in [3.63, 3.8) is 0 Å². The van der Waals surface area contributed by atoms with Gasteiger partial charge in [-0.2, -0.15) is 11.8 Å². The number of hydrogen-bond acceptors (Lipinski definition) is 4. The van der Waals surface area contributed by atoms with E-state index in [4.69, 9.17) is 5.73 Å². The standard InChI is InChI=1S/C12H25N3S/c1-10-8-15(6-5-14(10)3)12(9-13)4-7-16-11(12)2/h10-11H,4-9,13H2,1-3H3. The smallest absolute Gasteiger partial charge is 0.0456 e. The van der Waals surface area contributed by atoms with Crippen molar-refractivity contribution in [2.75, 3.05) is 39.0 Å². The van der Waals surface area contributed by atoms with Crippen molar-refractivity contribution in [1.29, 1.82) is 0 Å². The summed E-state index contributed by atoms with van der Waals surface area (Å²) in [7, 11) is 2.23. The first kappa shape index (κ1) is 12.7. The van der Waals surface area contributed by atoms with Gasteiger partial charge in [0.2, 0.25) is 0 Å². The first-order valence-electron chi connectivity index (χ1n) is 6.37. The van der Waals surface area contributed by atoms with E-state index >= 15 is 0 Å². The van der Waals surface area contributed by atoms with Crippen LogP contribution in [0.5, 0.6) is 0 Å². The third kappa shape index (κ3) is 2.01. The monoisotopic (exact) mass is 243 g/mol. The highest BCUT2D eigenvalue weighted by atomic mass is 32.2. The molecular weight excluding hydrogens is 218 g/mol. The number of piperazine rings is 1. The molecule has 2 rings (SSSR count). The van der Waals surface area contributed by atoms with Crippen LogP contribution < -0.4 is 5.73 Å². The van der Waals surface area contributed by atoms with Crippen LogP contribution in [-0.2, 0) is 0 Å². The second-order valence-corrected chi connectivity index (χ2v) is 6.80. The van der Waals surface area contributed by atoms with Gasteiger partial charge >= 0.3 is 0 Å². The summed E-state index contributed by atoms with van der Waals surface area (Å²) >= 11 is 2.09. The fraction of sp³-hybridized carbons (Fsp3) is 1.00. The van der Waals surface area contributed by atoms with E-state index in [0.717, 1.165) is 6.54 Å². The van der Waals surface area contributed by atoms with Crippen LogP contribution in [0.2, 0.25) is 0 Å². The highest BCUT2D eigenvalue weighted by molar-refractivity contribution is 8.00. The normalized spacial score (nSPS) is 42.8. The van der Waals surface area contributed by atoms with E-state index < -0.39 is 0 Å². The zero-order valence-electron chi connectivity index (χ0n) is 10.8. The Labute approximate surface area is 104 Å². The third-order valence-electron chi connectivity index (χ3n) is 4.60. The van der Waals surface area contributed by atoms with Crippen molar-refractivity contribution in [1.82, 2.24) is 9.80 Å². The lowest BCUT2D eigenvalue weighted by molar-refractivity contribution is 0.0206. The Balaban J connectivity index is 2.10. The van der Waals surface area contributed by atoms with Gasteiger partial charge < -0.3 is 10.6 Å². The van der Waals surface area contributed by atoms with Crippen LogP contribution in [0.1, 0.15) is 20.3 Å². The molecule has 3 unspecified atom stereocenters. The molecular formula is C12H25N3S. The minimum atomic E-state index is 0.278. The van der Waals surface area contributed by atoms with Gasteiger partial charge in [0.05, 0.1) is 0 Å². The van der Waals surface area contributed by atoms with Gasteiger partial charge in [-0.3, -0.25) is 4.90 Å². The Hall–Kier alpha value is 0.230. The molecule has 2 saturated heterocycles. The Morgan fingerprint density at radius 3 is 2.62 bits per heavy atom. The maximum absolute atomic E-state index is 6.10. The summed E-state index contributed by atoms with van der Waals surface area (Å²) in [6, 6.07) is 0.662. The molecule has 2 fully saturated rings. The number of hydrogen-bond donors (Lipinski definition) is 1. The van der Waals surface area contributed by atoms with E-state index in [-0.39, 0.29) is 5.54 Å². The summed E-state index contributed by atoms with van der Waals surface area (Å²) in [5, 5.41) is 0.688. The van der Waals surface area contributed by atoms with Crippen molar-refractivity contribution in [3.05, 3.63) is 0 Å². The van der Waals surface area contributed by atoms with Crippen molar-refractivity contribution in [3.8, 4) is 0 Å². The molecule has 2 aliphatic heterocycles. The molecule has 0 amide bonds. The minimum absolute atomic E-state index is 0.278. The van der Waals surface area contributed by atoms with Crippen LogP contribution in [0.25, 0.3) is 0 Å². The fourth-order valence-corrected chi connectivity index (χ4v) is 4.53. The molecule has 0 bridgehead atoms. The van der Waals surface area contributed by atoms with Crippen LogP contribution in [0.3, 0.4) is 0 Å². The van der Waals surface area contributed by atoms with E-state index in [2.05, 4.69) is 42.5 Å². The van der Waals surface area contributed by atoms with E-state index in [0.29, 0.717) is 11.3 Å². The zero-order valence-corrected chi connectivity index (χ0v) is 11.6. The third-order valence-corrected chi connectivity index (χ3v) is 5.98. The number of nitrogens with two attached hydrogens (primary N) is 1. The largest absolute Gasteiger partial charge is 0.329 e. The molecule has 3 nitrogen and oxygen atoms in total. The van der Waals surface area contributed by atoms with Crippen molar-refractivity contribution in [2.24, 2.45) is 5.73 Å². The molecule has 2 N–H and O–H groups in total. The Kier molecular flexibility index (Phi) is 3.84. The van der Waals surface area contributed by atoms with Crippen LogP contribution in [-0.4, -0.2) is 65.6 Å². The van der Waals surface area contributed by atoms with E-state index in [1.807, 2.05) is 0 Å². The second-order valence-electron chi connectivity index (χ2n) is 5.35. The van der Waals surface area contributed by atoms with Gasteiger partial charge in [-0.1, -0.05) is 6.92 Å². The zero-order chi connectivity index (χ0) is 11.8. The lowest BCUT2D eigenvalue weighted by atomic mass is 9.89.